The van der Waals surface area contributed by atoms with Gasteiger partial charge in [0.2, 0.25) is 5.91 Å². The Morgan fingerprint density at radius 1 is 1.11 bits per heavy atom. The maximum Gasteiger partial charge on any atom is 0.344 e. The van der Waals surface area contributed by atoms with Crippen molar-refractivity contribution in [2.24, 2.45) is 0 Å². The van der Waals surface area contributed by atoms with Crippen molar-refractivity contribution in [2.75, 3.05) is 11.9 Å². The molecule has 0 unspecified atom stereocenters. The van der Waals surface area contributed by atoms with Gasteiger partial charge in [-0.05, 0) is 37.1 Å². The number of non-ortho nitro benzene ring substituents is 1. The Hall–Kier alpha value is -4.60. The minimum absolute atomic E-state index is 0.0777. The Bertz CT molecular complexity index is 1490. The number of fused-ring (bicyclic) bond motifs is 2. The zero-order chi connectivity index (χ0) is 25.7. The third-order valence-corrected chi connectivity index (χ3v) is 5.52. The first-order valence-corrected chi connectivity index (χ1v) is 11.6. The van der Waals surface area contributed by atoms with E-state index in [0.717, 1.165) is 12.8 Å². The number of carbonyl (C=O) groups is 2. The number of esters is 1. The summed E-state index contributed by atoms with van der Waals surface area (Å²) in [6.07, 6.45) is 4.39. The molecule has 4 aromatic rings. The minimum Gasteiger partial charge on any atom is -0.462 e. The standard InChI is InChI=1S/C26H25N5O5/c1-3-5-15-30-24(29-21(32)14-13-17-9-8-10-18(16-17)31(34)35)22(26(33)36-4-2)23-25(30)28-20-12-7-6-11-19(20)27-23/h6-14,16H,3-5,15H2,1-2H3,(H,29,32)/b14-13+. The van der Waals surface area contributed by atoms with Gasteiger partial charge in [-0.25, -0.2) is 14.8 Å². The number of amides is 1. The van der Waals surface area contributed by atoms with Crippen LogP contribution in [-0.2, 0) is 16.1 Å². The molecule has 4 rings (SSSR count). The van der Waals surface area contributed by atoms with Crippen molar-refractivity contribution in [3.05, 3.63) is 75.8 Å². The van der Waals surface area contributed by atoms with Crippen LogP contribution < -0.4 is 5.32 Å². The van der Waals surface area contributed by atoms with Crippen LogP contribution in [0.2, 0.25) is 0 Å². The Balaban J connectivity index is 1.80. The summed E-state index contributed by atoms with van der Waals surface area (Å²) >= 11 is 0. The van der Waals surface area contributed by atoms with Gasteiger partial charge >= 0.3 is 5.97 Å². The van der Waals surface area contributed by atoms with E-state index >= 15 is 0 Å². The van der Waals surface area contributed by atoms with E-state index in [4.69, 9.17) is 9.72 Å². The Morgan fingerprint density at radius 3 is 2.56 bits per heavy atom. The summed E-state index contributed by atoms with van der Waals surface area (Å²) < 4.78 is 7.08. The molecule has 184 valence electrons. The number of nitro groups is 1. The molecule has 0 atom stereocenters. The number of nitro benzene ring substituents is 1. The molecule has 0 aliphatic heterocycles. The largest absolute Gasteiger partial charge is 0.462 e. The molecule has 10 heteroatoms. The van der Waals surface area contributed by atoms with Crippen molar-refractivity contribution >= 4 is 51.7 Å². The van der Waals surface area contributed by atoms with E-state index in [1.54, 1.807) is 29.7 Å². The number of aromatic nitrogens is 3. The molecular weight excluding hydrogens is 462 g/mol. The molecule has 2 aromatic carbocycles. The molecule has 0 radical (unpaired) electrons. The van der Waals surface area contributed by atoms with E-state index in [1.165, 1.54) is 24.3 Å². The highest BCUT2D eigenvalue weighted by Crippen LogP contribution is 2.31. The number of hydrogen-bond donors (Lipinski definition) is 1. The predicted octanol–water partition coefficient (Wildman–Crippen LogP) is 5.12. The third-order valence-electron chi connectivity index (χ3n) is 5.52. The normalized spacial score (nSPS) is 11.3. The summed E-state index contributed by atoms with van der Waals surface area (Å²) in [5.41, 5.74) is 2.66. The molecule has 1 amide bonds. The second-order valence-corrected chi connectivity index (χ2v) is 8.01. The first kappa shape index (κ1) is 24.5. The van der Waals surface area contributed by atoms with Crippen LogP contribution in [0.3, 0.4) is 0 Å². The zero-order valence-electron chi connectivity index (χ0n) is 19.9. The number of aryl methyl sites for hydroxylation is 1. The summed E-state index contributed by atoms with van der Waals surface area (Å²) in [6, 6.07) is 13.3. The van der Waals surface area contributed by atoms with Crippen molar-refractivity contribution in [1.29, 1.82) is 0 Å². The molecule has 2 aromatic heterocycles. The van der Waals surface area contributed by atoms with Gasteiger partial charge in [-0.1, -0.05) is 37.6 Å². The van der Waals surface area contributed by atoms with Crippen molar-refractivity contribution in [3.8, 4) is 0 Å². The number of nitrogens with zero attached hydrogens (tertiary/aromatic N) is 4. The van der Waals surface area contributed by atoms with Crippen LogP contribution in [0, 0.1) is 10.1 Å². The van der Waals surface area contributed by atoms with Gasteiger partial charge in [-0.3, -0.25) is 14.9 Å². The van der Waals surface area contributed by atoms with Crippen molar-refractivity contribution in [1.82, 2.24) is 14.5 Å². The predicted molar refractivity (Wildman–Crippen MR) is 137 cm³/mol. The van der Waals surface area contributed by atoms with Crippen LogP contribution in [-0.4, -0.2) is 37.9 Å². The number of hydrogen-bond acceptors (Lipinski definition) is 7. The molecule has 1 N–H and O–H groups in total. The molecular formula is C26H25N5O5. The molecule has 0 saturated heterocycles. The van der Waals surface area contributed by atoms with Gasteiger partial charge < -0.3 is 14.6 Å². The van der Waals surface area contributed by atoms with Gasteiger partial charge in [-0.2, -0.15) is 0 Å². The lowest BCUT2D eigenvalue weighted by Gasteiger charge is -2.11. The van der Waals surface area contributed by atoms with Crippen molar-refractivity contribution in [3.63, 3.8) is 0 Å². The monoisotopic (exact) mass is 487 g/mol. The lowest BCUT2D eigenvalue weighted by molar-refractivity contribution is -0.384. The minimum atomic E-state index is -0.611. The molecule has 0 aliphatic rings. The van der Waals surface area contributed by atoms with Crippen molar-refractivity contribution < 1.29 is 19.2 Å². The third kappa shape index (κ3) is 5.07. The highest BCUT2D eigenvalue weighted by molar-refractivity contribution is 6.13. The van der Waals surface area contributed by atoms with Gasteiger partial charge in [0.1, 0.15) is 16.9 Å². The number of ether oxygens (including phenoxy) is 1. The Morgan fingerprint density at radius 2 is 1.86 bits per heavy atom. The maximum atomic E-state index is 13.0. The molecule has 0 saturated carbocycles. The van der Waals surface area contributed by atoms with Gasteiger partial charge in [0.25, 0.3) is 5.69 Å². The molecule has 2 heterocycles. The van der Waals surface area contributed by atoms with Crippen LogP contribution in [0.25, 0.3) is 28.3 Å². The molecule has 0 spiro atoms. The van der Waals surface area contributed by atoms with Gasteiger partial charge in [-0.15, -0.1) is 0 Å². The van der Waals surface area contributed by atoms with Crippen LogP contribution in [0.4, 0.5) is 11.5 Å². The fraction of sp³-hybridized carbons (Fsp3) is 0.231. The van der Waals surface area contributed by atoms with Crippen LogP contribution in [0.5, 0.6) is 0 Å². The number of anilines is 1. The lowest BCUT2D eigenvalue weighted by Crippen LogP contribution is -2.16. The number of nitrogens with one attached hydrogen (secondary N) is 1. The molecule has 0 bridgehead atoms. The average molecular weight is 488 g/mol. The van der Waals surface area contributed by atoms with Gasteiger partial charge in [0, 0.05) is 24.8 Å². The highest BCUT2D eigenvalue weighted by Gasteiger charge is 2.27. The highest BCUT2D eigenvalue weighted by atomic mass is 16.6. The second-order valence-electron chi connectivity index (χ2n) is 8.01. The first-order chi connectivity index (χ1) is 17.4. The Kier molecular flexibility index (Phi) is 7.33. The quantitative estimate of drug-likeness (QED) is 0.150. The second kappa shape index (κ2) is 10.8. The van der Waals surface area contributed by atoms with Crippen LogP contribution in [0.15, 0.2) is 54.6 Å². The van der Waals surface area contributed by atoms with Crippen molar-refractivity contribution in [2.45, 2.75) is 33.2 Å². The van der Waals surface area contributed by atoms with Gasteiger partial charge in [0.05, 0.1) is 22.6 Å². The SMILES string of the molecule is CCCCn1c(NC(=O)/C=C/c2cccc([N+](=O)[O-])c2)c(C(=O)OCC)c2nc3ccccc3nc21. The molecule has 0 fully saturated rings. The molecule has 36 heavy (non-hydrogen) atoms. The van der Waals surface area contributed by atoms with E-state index in [-0.39, 0.29) is 23.7 Å². The summed E-state index contributed by atoms with van der Waals surface area (Å²) in [7, 11) is 0. The maximum absolute atomic E-state index is 13.0. The van der Waals surface area contributed by atoms with E-state index < -0.39 is 16.8 Å². The van der Waals surface area contributed by atoms with Crippen LogP contribution >= 0.6 is 0 Å². The van der Waals surface area contributed by atoms with E-state index in [1.807, 2.05) is 25.1 Å². The van der Waals surface area contributed by atoms with Crippen LogP contribution in [0.1, 0.15) is 42.6 Å². The van der Waals surface area contributed by atoms with E-state index in [0.29, 0.717) is 34.3 Å². The molecule has 0 aliphatic carbocycles. The molecule has 10 nitrogen and oxygen atoms in total. The number of carbonyl (C=O) groups excluding carboxylic acids is 2. The smallest absolute Gasteiger partial charge is 0.344 e. The zero-order valence-corrected chi connectivity index (χ0v) is 19.9. The summed E-state index contributed by atoms with van der Waals surface area (Å²) in [5.74, 6) is -0.877. The first-order valence-electron chi connectivity index (χ1n) is 11.6. The number of benzene rings is 2. The topological polar surface area (TPSA) is 129 Å². The summed E-state index contributed by atoms with van der Waals surface area (Å²) in [6.45, 7) is 4.40. The fourth-order valence-electron chi connectivity index (χ4n) is 3.83. The van der Waals surface area contributed by atoms with E-state index in [2.05, 4.69) is 10.3 Å². The Labute approximate surface area is 206 Å². The van der Waals surface area contributed by atoms with Gasteiger partial charge in [0.15, 0.2) is 5.65 Å². The summed E-state index contributed by atoms with van der Waals surface area (Å²) in [4.78, 5) is 45.9. The summed E-state index contributed by atoms with van der Waals surface area (Å²) in [5, 5.41) is 13.8. The fourth-order valence-corrected chi connectivity index (χ4v) is 3.83. The average Bonchev–Trinajstić information content (AvgIpc) is 3.16. The number of unbranched alkanes of at least 4 members (excludes halogenated alkanes) is 1. The number of para-hydroxylation sites is 2. The lowest BCUT2D eigenvalue weighted by atomic mass is 10.2. The number of rotatable bonds is 9. The van der Waals surface area contributed by atoms with E-state index in [9.17, 15) is 19.7 Å².